The van der Waals surface area contributed by atoms with Crippen molar-refractivity contribution in [2.45, 2.75) is 33.0 Å². The largest absolute Gasteiger partial charge is 0.462 e. The summed E-state index contributed by atoms with van der Waals surface area (Å²) in [7, 11) is 1.57. The summed E-state index contributed by atoms with van der Waals surface area (Å²) in [5, 5.41) is 4.36. The predicted octanol–water partition coefficient (Wildman–Crippen LogP) is 2.18. The summed E-state index contributed by atoms with van der Waals surface area (Å²) >= 11 is 0. The smallest absolute Gasteiger partial charge is 0.303 e. The molecule has 0 aliphatic heterocycles. The van der Waals surface area contributed by atoms with E-state index in [-0.39, 0.29) is 11.4 Å². The number of rotatable bonds is 9. The Morgan fingerprint density at radius 2 is 1.58 bits per heavy atom. The van der Waals surface area contributed by atoms with Gasteiger partial charge in [0.2, 0.25) is 0 Å². The number of hydrogen-bond donors (Lipinski definition) is 1. The maximum atomic E-state index is 13.4. The first-order chi connectivity index (χ1) is 17.2. The standard InChI is InChI=1S/C25H26N4O7/c1-15(30)34-14-21(35-16(2)31)24(36-17(3)32)22(28-27-18-10-6-5-7-11-18)23-25(33)29(4)20-13-9-8-12-19(20)26-23/h5-13,21,24,27H,14H2,1-4H3. The molecule has 36 heavy (non-hydrogen) atoms. The summed E-state index contributed by atoms with van der Waals surface area (Å²) in [5.41, 5.74) is 3.64. The molecule has 0 saturated carbocycles. The molecule has 11 heteroatoms. The van der Waals surface area contributed by atoms with Gasteiger partial charge in [-0.1, -0.05) is 30.3 Å². The van der Waals surface area contributed by atoms with Gasteiger partial charge in [-0.3, -0.25) is 24.6 Å². The predicted molar refractivity (Wildman–Crippen MR) is 131 cm³/mol. The highest BCUT2D eigenvalue weighted by atomic mass is 16.6. The number of aromatic nitrogens is 2. The van der Waals surface area contributed by atoms with E-state index in [2.05, 4.69) is 15.5 Å². The summed E-state index contributed by atoms with van der Waals surface area (Å²) in [6, 6.07) is 15.8. The number of aryl methyl sites for hydroxylation is 1. The molecule has 0 aliphatic carbocycles. The number of nitrogens with zero attached hydrogens (tertiary/aromatic N) is 3. The average Bonchev–Trinajstić information content (AvgIpc) is 2.84. The molecule has 3 rings (SSSR count). The third kappa shape index (κ3) is 6.53. The Balaban J connectivity index is 2.23. The molecule has 0 bridgehead atoms. The summed E-state index contributed by atoms with van der Waals surface area (Å²) in [5.74, 6) is -2.11. The van der Waals surface area contributed by atoms with Crippen molar-refractivity contribution in [1.82, 2.24) is 9.55 Å². The van der Waals surface area contributed by atoms with Crippen LogP contribution in [0.2, 0.25) is 0 Å². The molecule has 0 radical (unpaired) electrons. The van der Waals surface area contributed by atoms with Crippen LogP contribution < -0.4 is 11.0 Å². The average molecular weight is 495 g/mol. The lowest BCUT2D eigenvalue weighted by molar-refractivity contribution is -0.167. The molecule has 0 aliphatic rings. The summed E-state index contributed by atoms with van der Waals surface area (Å²) in [6.07, 6.45) is -2.76. The molecule has 2 unspecified atom stereocenters. The number of benzene rings is 2. The van der Waals surface area contributed by atoms with Gasteiger partial charge < -0.3 is 18.8 Å². The molecule has 0 fully saturated rings. The van der Waals surface area contributed by atoms with Crippen molar-refractivity contribution in [3.63, 3.8) is 0 Å². The highest BCUT2D eigenvalue weighted by molar-refractivity contribution is 6.04. The number of para-hydroxylation sites is 3. The van der Waals surface area contributed by atoms with E-state index in [1.807, 2.05) is 6.07 Å². The van der Waals surface area contributed by atoms with Crippen molar-refractivity contribution < 1.29 is 28.6 Å². The highest BCUT2D eigenvalue weighted by Gasteiger charge is 2.36. The van der Waals surface area contributed by atoms with Gasteiger partial charge in [-0.25, -0.2) is 4.98 Å². The second-order valence-corrected chi connectivity index (χ2v) is 7.77. The van der Waals surface area contributed by atoms with E-state index in [0.717, 1.165) is 13.8 Å². The van der Waals surface area contributed by atoms with Crippen LogP contribution in [0.1, 0.15) is 26.5 Å². The van der Waals surface area contributed by atoms with Crippen LogP contribution in [0, 0.1) is 0 Å². The number of carbonyl (C=O) groups excluding carboxylic acids is 3. The Kier molecular flexibility index (Phi) is 8.50. The van der Waals surface area contributed by atoms with Crippen LogP contribution in [0.5, 0.6) is 0 Å². The lowest BCUT2D eigenvalue weighted by atomic mass is 10.1. The molecule has 1 N–H and O–H groups in total. The molecule has 0 spiro atoms. The van der Waals surface area contributed by atoms with E-state index in [4.69, 9.17) is 14.2 Å². The minimum Gasteiger partial charge on any atom is -0.462 e. The third-order valence-electron chi connectivity index (χ3n) is 4.97. The summed E-state index contributed by atoms with van der Waals surface area (Å²) in [6.45, 7) is 3.03. The highest BCUT2D eigenvalue weighted by Crippen LogP contribution is 2.17. The van der Waals surface area contributed by atoms with Gasteiger partial charge in [0.05, 0.1) is 16.7 Å². The topological polar surface area (TPSA) is 138 Å². The van der Waals surface area contributed by atoms with Gasteiger partial charge in [-0.05, 0) is 24.3 Å². The zero-order chi connectivity index (χ0) is 26.2. The van der Waals surface area contributed by atoms with Crippen LogP contribution in [0.15, 0.2) is 64.5 Å². The molecular formula is C25H26N4O7. The van der Waals surface area contributed by atoms with Gasteiger partial charge in [-0.15, -0.1) is 0 Å². The van der Waals surface area contributed by atoms with Crippen molar-refractivity contribution in [2.24, 2.45) is 12.1 Å². The first-order valence-corrected chi connectivity index (χ1v) is 11.0. The van der Waals surface area contributed by atoms with Crippen molar-refractivity contribution in [3.05, 3.63) is 70.6 Å². The van der Waals surface area contributed by atoms with E-state index >= 15 is 0 Å². The van der Waals surface area contributed by atoms with Crippen molar-refractivity contribution in [1.29, 1.82) is 0 Å². The van der Waals surface area contributed by atoms with Crippen molar-refractivity contribution in [2.75, 3.05) is 12.0 Å². The minimum atomic E-state index is -1.44. The van der Waals surface area contributed by atoms with E-state index in [9.17, 15) is 19.2 Å². The Hall–Kier alpha value is -4.54. The zero-order valence-corrected chi connectivity index (χ0v) is 20.3. The van der Waals surface area contributed by atoms with Gasteiger partial charge in [-0.2, -0.15) is 5.10 Å². The fourth-order valence-electron chi connectivity index (χ4n) is 3.42. The number of nitrogens with one attached hydrogen (secondary N) is 1. The van der Waals surface area contributed by atoms with Crippen molar-refractivity contribution in [3.8, 4) is 0 Å². The second kappa shape index (κ2) is 11.7. The lowest BCUT2D eigenvalue weighted by Gasteiger charge is -2.27. The van der Waals surface area contributed by atoms with Crippen LogP contribution in [0.4, 0.5) is 5.69 Å². The van der Waals surface area contributed by atoms with Gasteiger partial charge in [0.15, 0.2) is 17.9 Å². The molecule has 0 saturated heterocycles. The van der Waals surface area contributed by atoms with Crippen LogP contribution >= 0.6 is 0 Å². The Morgan fingerprint density at radius 1 is 0.944 bits per heavy atom. The van der Waals surface area contributed by atoms with Gasteiger partial charge in [0, 0.05) is 27.8 Å². The molecule has 1 aromatic heterocycles. The van der Waals surface area contributed by atoms with E-state index in [1.165, 1.54) is 11.5 Å². The molecule has 2 aromatic carbocycles. The summed E-state index contributed by atoms with van der Waals surface area (Å²) in [4.78, 5) is 53.4. The molecule has 2 atom stereocenters. The lowest BCUT2D eigenvalue weighted by Crippen LogP contribution is -2.46. The first kappa shape index (κ1) is 26.1. The fourth-order valence-corrected chi connectivity index (χ4v) is 3.42. The molecule has 1 heterocycles. The quantitative estimate of drug-likeness (QED) is 0.205. The molecule has 0 amide bonds. The van der Waals surface area contributed by atoms with Crippen LogP contribution in [0.25, 0.3) is 11.0 Å². The van der Waals surface area contributed by atoms with E-state index in [1.54, 1.807) is 55.6 Å². The minimum absolute atomic E-state index is 0.126. The number of ether oxygens (including phenoxy) is 3. The normalized spacial score (nSPS) is 12.9. The first-order valence-electron chi connectivity index (χ1n) is 11.0. The van der Waals surface area contributed by atoms with Crippen LogP contribution in [-0.4, -0.2) is 52.0 Å². The third-order valence-corrected chi connectivity index (χ3v) is 4.97. The zero-order valence-electron chi connectivity index (χ0n) is 20.3. The number of esters is 3. The van der Waals surface area contributed by atoms with E-state index in [0.29, 0.717) is 16.7 Å². The number of anilines is 1. The summed E-state index contributed by atoms with van der Waals surface area (Å²) < 4.78 is 17.3. The Morgan fingerprint density at radius 3 is 2.22 bits per heavy atom. The molecular weight excluding hydrogens is 468 g/mol. The Bertz CT molecular complexity index is 1350. The monoisotopic (exact) mass is 494 g/mol. The molecule has 11 nitrogen and oxygen atoms in total. The maximum absolute atomic E-state index is 13.4. The number of carbonyl (C=O) groups is 3. The molecule has 188 valence electrons. The number of hydrogen-bond acceptors (Lipinski definition) is 10. The van der Waals surface area contributed by atoms with Gasteiger partial charge >= 0.3 is 17.9 Å². The van der Waals surface area contributed by atoms with Gasteiger partial charge in [0.25, 0.3) is 5.56 Å². The fraction of sp³-hybridized carbons (Fsp3) is 0.280. The SMILES string of the molecule is CC(=O)OCC(OC(C)=O)C(OC(C)=O)C(=NNc1ccccc1)c1nc2ccccc2n(C)c1=O. The Labute approximate surface area is 206 Å². The van der Waals surface area contributed by atoms with Crippen LogP contribution in [-0.2, 0) is 35.6 Å². The number of hydrazone groups is 1. The van der Waals surface area contributed by atoms with Gasteiger partial charge in [0.1, 0.15) is 12.3 Å². The maximum Gasteiger partial charge on any atom is 0.303 e. The van der Waals surface area contributed by atoms with E-state index < -0.39 is 42.3 Å². The van der Waals surface area contributed by atoms with Crippen molar-refractivity contribution >= 4 is 40.3 Å². The second-order valence-electron chi connectivity index (χ2n) is 7.77. The van der Waals surface area contributed by atoms with Crippen LogP contribution in [0.3, 0.4) is 0 Å². The molecule has 3 aromatic rings. The number of fused-ring (bicyclic) bond motifs is 1.